The fourth-order valence-corrected chi connectivity index (χ4v) is 3.95. The second-order valence-electron chi connectivity index (χ2n) is 7.50. The van der Waals surface area contributed by atoms with Crippen LogP contribution in [0.25, 0.3) is 0 Å². The van der Waals surface area contributed by atoms with Crippen LogP contribution >= 0.6 is 11.6 Å². The maximum absolute atomic E-state index is 12.6. The summed E-state index contributed by atoms with van der Waals surface area (Å²) < 4.78 is 5.17. The Kier molecular flexibility index (Phi) is 7.31. The first-order chi connectivity index (χ1) is 13.5. The van der Waals surface area contributed by atoms with E-state index in [9.17, 15) is 4.79 Å². The van der Waals surface area contributed by atoms with Gasteiger partial charge < -0.3 is 19.9 Å². The molecule has 0 aromatic heterocycles. The van der Waals surface area contributed by atoms with Crippen LogP contribution in [0.1, 0.15) is 18.1 Å². The number of rotatable bonds is 7. The third-order valence-corrected chi connectivity index (χ3v) is 5.81. The van der Waals surface area contributed by atoms with Crippen LogP contribution in [0.15, 0.2) is 48.5 Å². The third-order valence-electron chi connectivity index (χ3n) is 5.57. The smallest absolute Gasteiger partial charge is 0.278 e. The number of piperazine rings is 1. The molecule has 3 rings (SSSR count). The van der Waals surface area contributed by atoms with Crippen LogP contribution in [0.5, 0.6) is 5.75 Å². The van der Waals surface area contributed by atoms with Gasteiger partial charge in [0.05, 0.1) is 7.11 Å². The van der Waals surface area contributed by atoms with Gasteiger partial charge in [-0.05, 0) is 36.8 Å². The molecule has 0 saturated carbocycles. The topological polar surface area (TPSA) is 47.2 Å². The number of nitrogens with one attached hydrogen (secondary N) is 3. The number of hydrogen-bond donors (Lipinski definition) is 3. The lowest BCUT2D eigenvalue weighted by molar-refractivity contribution is -1.02. The minimum absolute atomic E-state index is 0.0361. The van der Waals surface area contributed by atoms with Gasteiger partial charge in [-0.25, -0.2) is 0 Å². The molecule has 1 amide bonds. The lowest BCUT2D eigenvalue weighted by Crippen LogP contribution is -3.29. The molecule has 3 N–H and O–H groups in total. The van der Waals surface area contributed by atoms with E-state index < -0.39 is 0 Å². The van der Waals surface area contributed by atoms with Crippen LogP contribution in [0.4, 0.5) is 0 Å². The van der Waals surface area contributed by atoms with Crippen molar-refractivity contribution in [3.63, 3.8) is 0 Å². The highest BCUT2D eigenvalue weighted by Gasteiger charge is 2.30. The molecule has 28 heavy (non-hydrogen) atoms. The van der Waals surface area contributed by atoms with Gasteiger partial charge in [-0.15, -0.1) is 0 Å². The first kappa shape index (κ1) is 20.6. The molecule has 1 aliphatic heterocycles. The molecule has 1 saturated heterocycles. The molecule has 0 radical (unpaired) electrons. The lowest BCUT2D eigenvalue weighted by atomic mass is 10.1. The van der Waals surface area contributed by atoms with E-state index in [1.54, 1.807) is 12.0 Å². The van der Waals surface area contributed by atoms with E-state index in [0.29, 0.717) is 6.54 Å². The van der Waals surface area contributed by atoms with E-state index in [4.69, 9.17) is 16.3 Å². The molecule has 0 aliphatic carbocycles. The molecule has 1 fully saturated rings. The van der Waals surface area contributed by atoms with Gasteiger partial charge in [0.15, 0.2) is 6.04 Å². The van der Waals surface area contributed by atoms with Gasteiger partial charge >= 0.3 is 0 Å². The summed E-state index contributed by atoms with van der Waals surface area (Å²) in [4.78, 5) is 15.5. The molecule has 6 heteroatoms. The largest absolute Gasteiger partial charge is 0.497 e. The Hall–Kier alpha value is -2.08. The molecule has 0 spiro atoms. The predicted molar refractivity (Wildman–Crippen MR) is 111 cm³/mol. The zero-order chi connectivity index (χ0) is 19.9. The molecule has 1 atom stereocenters. The number of hydrogen-bond acceptors (Lipinski definition) is 2. The summed E-state index contributed by atoms with van der Waals surface area (Å²) in [5.74, 6) is 0.940. The highest BCUT2D eigenvalue weighted by Crippen LogP contribution is 2.11. The number of amides is 1. The molecule has 1 heterocycles. The van der Waals surface area contributed by atoms with Crippen molar-refractivity contribution in [2.24, 2.45) is 0 Å². The summed E-state index contributed by atoms with van der Waals surface area (Å²) in [7, 11) is 1.65. The van der Waals surface area contributed by atoms with Crippen LogP contribution in [-0.2, 0) is 17.9 Å². The number of ether oxygens (including phenoxy) is 1. The van der Waals surface area contributed by atoms with Crippen molar-refractivity contribution in [2.45, 2.75) is 26.1 Å². The number of quaternary nitrogens is 2. The molecule has 2 aromatic carbocycles. The van der Waals surface area contributed by atoms with E-state index in [1.807, 2.05) is 49.4 Å². The maximum Gasteiger partial charge on any atom is 0.278 e. The van der Waals surface area contributed by atoms with Crippen LogP contribution in [0.3, 0.4) is 0 Å². The summed E-state index contributed by atoms with van der Waals surface area (Å²) >= 11 is 6.09. The predicted octanol–water partition coefficient (Wildman–Crippen LogP) is 0.337. The van der Waals surface area contributed by atoms with Crippen molar-refractivity contribution in [3.8, 4) is 5.75 Å². The highest BCUT2D eigenvalue weighted by atomic mass is 35.5. The molecule has 150 valence electrons. The summed E-state index contributed by atoms with van der Waals surface area (Å²) in [6, 6.07) is 15.9. The molecular formula is C22H30ClN3O2+2. The number of carbonyl (C=O) groups excluding carboxylic acids is 1. The van der Waals surface area contributed by atoms with E-state index >= 15 is 0 Å². The highest BCUT2D eigenvalue weighted by molar-refractivity contribution is 6.30. The van der Waals surface area contributed by atoms with Gasteiger partial charge in [-0.2, -0.15) is 0 Å². The molecule has 5 nitrogen and oxygen atoms in total. The third kappa shape index (κ3) is 5.71. The van der Waals surface area contributed by atoms with Crippen molar-refractivity contribution in [1.82, 2.24) is 5.32 Å². The van der Waals surface area contributed by atoms with Gasteiger partial charge in [0.1, 0.15) is 38.5 Å². The van der Waals surface area contributed by atoms with Crippen molar-refractivity contribution < 1.29 is 19.3 Å². The van der Waals surface area contributed by atoms with Gasteiger partial charge in [-0.1, -0.05) is 35.9 Å². The molecule has 2 aromatic rings. The number of benzene rings is 2. The Bertz CT molecular complexity index is 774. The maximum atomic E-state index is 12.6. The summed E-state index contributed by atoms with van der Waals surface area (Å²) in [6.07, 6.45) is 0. The average molecular weight is 404 g/mol. The van der Waals surface area contributed by atoms with Crippen LogP contribution in [-0.4, -0.2) is 45.2 Å². The van der Waals surface area contributed by atoms with Crippen LogP contribution in [0.2, 0.25) is 5.02 Å². The van der Waals surface area contributed by atoms with Crippen molar-refractivity contribution in [3.05, 3.63) is 64.7 Å². The molecular weight excluding hydrogens is 374 g/mol. The standard InChI is InChI=1S/C22H28ClN3O2/c1-17(22(27)24-15-18-6-8-21(28-2)9-7-18)26-12-10-25(11-13-26)16-19-4-3-5-20(23)14-19/h3-9,14,17H,10-13,15-16H2,1-2H3,(H,24,27)/p+2/t17-/m0/s1. The fourth-order valence-electron chi connectivity index (χ4n) is 3.74. The SMILES string of the molecule is COc1ccc(CNC(=O)[C@H](C)[NH+]2CC[NH+](Cc3cccc(Cl)c3)CC2)cc1. The van der Waals surface area contributed by atoms with Gasteiger partial charge in [-0.3, -0.25) is 4.79 Å². The average Bonchev–Trinajstić information content (AvgIpc) is 2.72. The number of halogens is 1. The van der Waals surface area contributed by atoms with Crippen molar-refractivity contribution in [1.29, 1.82) is 0 Å². The van der Waals surface area contributed by atoms with Crippen molar-refractivity contribution >= 4 is 17.5 Å². The van der Waals surface area contributed by atoms with Gasteiger partial charge in [0.25, 0.3) is 5.91 Å². The van der Waals surface area contributed by atoms with Crippen LogP contribution in [0, 0.1) is 0 Å². The Morgan fingerprint density at radius 1 is 1.11 bits per heavy atom. The normalized spacial score (nSPS) is 20.4. The van der Waals surface area contributed by atoms with Gasteiger partial charge in [0.2, 0.25) is 0 Å². The lowest BCUT2D eigenvalue weighted by Gasteiger charge is -2.32. The van der Waals surface area contributed by atoms with E-state index in [-0.39, 0.29) is 11.9 Å². The first-order valence-corrected chi connectivity index (χ1v) is 10.3. The molecule has 1 aliphatic rings. The van der Waals surface area contributed by atoms with Crippen LogP contribution < -0.4 is 19.9 Å². The minimum atomic E-state index is -0.0361. The zero-order valence-corrected chi connectivity index (χ0v) is 17.4. The summed E-state index contributed by atoms with van der Waals surface area (Å²) in [5.41, 5.74) is 2.35. The monoisotopic (exact) mass is 403 g/mol. The van der Waals surface area contributed by atoms with Gasteiger partial charge in [0, 0.05) is 17.1 Å². The quantitative estimate of drug-likeness (QED) is 0.624. The Morgan fingerprint density at radius 3 is 2.46 bits per heavy atom. The number of methoxy groups -OCH3 is 1. The van der Waals surface area contributed by atoms with E-state index in [1.165, 1.54) is 10.5 Å². The number of carbonyl (C=O) groups is 1. The summed E-state index contributed by atoms with van der Waals surface area (Å²) in [5, 5.41) is 3.86. The Morgan fingerprint density at radius 2 is 1.82 bits per heavy atom. The second-order valence-corrected chi connectivity index (χ2v) is 7.94. The Balaban J connectivity index is 1.43. The van der Waals surface area contributed by atoms with E-state index in [0.717, 1.165) is 49.1 Å². The summed E-state index contributed by atoms with van der Waals surface area (Å²) in [6.45, 7) is 7.72. The zero-order valence-electron chi connectivity index (χ0n) is 16.6. The fraction of sp³-hybridized carbons (Fsp3) is 0.409. The molecule has 0 bridgehead atoms. The van der Waals surface area contributed by atoms with Crippen molar-refractivity contribution in [2.75, 3.05) is 33.3 Å². The molecule has 0 unspecified atom stereocenters. The van der Waals surface area contributed by atoms with E-state index in [2.05, 4.69) is 11.4 Å². The second kappa shape index (κ2) is 9.92. The minimum Gasteiger partial charge on any atom is -0.497 e. The Labute approximate surface area is 172 Å². The first-order valence-electron chi connectivity index (χ1n) is 9.88.